The van der Waals surface area contributed by atoms with Crippen molar-refractivity contribution in [1.82, 2.24) is 24.0 Å². The number of aromatic nitrogens is 4. The van der Waals surface area contributed by atoms with Gasteiger partial charge in [-0.25, -0.2) is 22.1 Å². The molecule has 0 fully saturated rings. The van der Waals surface area contributed by atoms with Gasteiger partial charge in [0, 0.05) is 26.2 Å². The summed E-state index contributed by atoms with van der Waals surface area (Å²) in [5, 5.41) is 4.73. The number of sulfonamides is 1. The highest BCUT2D eigenvalue weighted by Gasteiger charge is 2.20. The molecule has 0 saturated carbocycles. The monoisotopic (exact) mass is 489 g/mol. The Kier molecular flexibility index (Phi) is 6.82. The minimum atomic E-state index is -3.55. The lowest BCUT2D eigenvalue weighted by atomic mass is 10.2. The van der Waals surface area contributed by atoms with Crippen molar-refractivity contribution in [2.45, 2.75) is 42.1 Å². The first kappa shape index (κ1) is 23.4. The minimum Gasteiger partial charge on any atom is -0.338 e. The number of unbranched alkanes of at least 4 members (excludes halogenated alkanes) is 1. The number of hydrogen-bond acceptors (Lipinski definition) is 7. The van der Waals surface area contributed by atoms with Gasteiger partial charge in [-0.1, -0.05) is 30.3 Å². The van der Waals surface area contributed by atoms with Crippen LogP contribution in [0.15, 0.2) is 57.0 Å². The summed E-state index contributed by atoms with van der Waals surface area (Å²) in [6.45, 7) is 2.88. The van der Waals surface area contributed by atoms with Gasteiger partial charge in [-0.2, -0.15) is 4.98 Å². The highest BCUT2D eigenvalue weighted by molar-refractivity contribution is 7.98. The quantitative estimate of drug-likeness (QED) is 0.318. The molecule has 174 valence electrons. The second-order valence-electron chi connectivity index (χ2n) is 7.64. The van der Waals surface area contributed by atoms with Gasteiger partial charge in [-0.3, -0.25) is 0 Å². The molecule has 4 rings (SSSR count). The van der Waals surface area contributed by atoms with Crippen LogP contribution >= 0.6 is 11.8 Å². The summed E-state index contributed by atoms with van der Waals surface area (Å²) >= 11 is 1.44. The second-order valence-corrected chi connectivity index (χ2v) is 10.7. The van der Waals surface area contributed by atoms with Crippen molar-refractivity contribution in [3.63, 3.8) is 0 Å². The molecular formula is C22H24FN5O3S2. The first-order valence-corrected chi connectivity index (χ1v) is 12.9. The van der Waals surface area contributed by atoms with Crippen LogP contribution in [0.1, 0.15) is 25.7 Å². The van der Waals surface area contributed by atoms with Crippen LogP contribution in [0.25, 0.3) is 22.4 Å². The van der Waals surface area contributed by atoms with Crippen molar-refractivity contribution < 1.29 is 17.3 Å². The Bertz CT molecular complexity index is 1360. The fourth-order valence-corrected chi connectivity index (χ4v) is 5.06. The predicted octanol–water partition coefficient (Wildman–Crippen LogP) is 4.57. The summed E-state index contributed by atoms with van der Waals surface area (Å²) in [6.07, 6.45) is 1.98. The molecule has 11 heteroatoms. The van der Waals surface area contributed by atoms with E-state index in [0.29, 0.717) is 28.5 Å². The van der Waals surface area contributed by atoms with Crippen LogP contribution in [0.3, 0.4) is 0 Å². The molecule has 0 saturated heterocycles. The molecule has 8 nitrogen and oxygen atoms in total. The number of rotatable bonds is 9. The predicted molar refractivity (Wildman–Crippen MR) is 125 cm³/mol. The fourth-order valence-electron chi connectivity index (χ4n) is 3.26. The molecule has 33 heavy (non-hydrogen) atoms. The summed E-state index contributed by atoms with van der Waals surface area (Å²) in [5.74, 6) is 0.880. The molecule has 0 unspecified atom stereocenters. The van der Waals surface area contributed by atoms with E-state index in [9.17, 15) is 12.8 Å². The van der Waals surface area contributed by atoms with E-state index >= 15 is 0 Å². The van der Waals surface area contributed by atoms with Gasteiger partial charge in [-0.05, 0) is 48.9 Å². The minimum absolute atomic E-state index is 0.206. The maximum atomic E-state index is 13.1. The van der Waals surface area contributed by atoms with Crippen LogP contribution in [0.5, 0.6) is 0 Å². The van der Waals surface area contributed by atoms with E-state index in [4.69, 9.17) is 9.51 Å². The summed E-state index contributed by atoms with van der Waals surface area (Å²) < 4.78 is 46.8. The average Bonchev–Trinajstić information content (AvgIpc) is 3.40. The smallest absolute Gasteiger partial charge is 0.242 e. The van der Waals surface area contributed by atoms with Gasteiger partial charge in [0.1, 0.15) is 5.82 Å². The zero-order valence-corrected chi connectivity index (χ0v) is 20.2. The Balaban J connectivity index is 1.60. The molecule has 0 spiro atoms. The number of benzene rings is 2. The van der Waals surface area contributed by atoms with Crippen molar-refractivity contribution in [1.29, 1.82) is 0 Å². The highest BCUT2D eigenvalue weighted by Crippen LogP contribution is 2.29. The number of hydrogen-bond donors (Lipinski definition) is 0. The van der Waals surface area contributed by atoms with Gasteiger partial charge in [-0.15, -0.1) is 0 Å². The average molecular weight is 490 g/mol. The van der Waals surface area contributed by atoms with Crippen LogP contribution in [-0.4, -0.2) is 46.5 Å². The number of thioether (sulfide) groups is 1. The lowest BCUT2D eigenvalue weighted by Crippen LogP contribution is -2.22. The Morgan fingerprint density at radius 2 is 1.88 bits per heavy atom. The third-order valence-corrected chi connectivity index (χ3v) is 7.87. The van der Waals surface area contributed by atoms with E-state index in [0.717, 1.165) is 30.1 Å². The van der Waals surface area contributed by atoms with Gasteiger partial charge in [0.05, 0.1) is 21.7 Å². The lowest BCUT2D eigenvalue weighted by molar-refractivity contribution is 0.391. The van der Waals surface area contributed by atoms with E-state index < -0.39 is 10.0 Å². The third-order valence-electron chi connectivity index (χ3n) is 5.09. The molecule has 0 atom stereocenters. The van der Waals surface area contributed by atoms with Crippen LogP contribution in [0, 0.1) is 5.82 Å². The van der Waals surface area contributed by atoms with Gasteiger partial charge in [0.25, 0.3) is 0 Å². The van der Waals surface area contributed by atoms with E-state index in [1.54, 1.807) is 30.3 Å². The number of imidazole rings is 1. The molecular weight excluding hydrogens is 465 g/mol. The first-order chi connectivity index (χ1) is 15.8. The number of aryl methyl sites for hydroxylation is 1. The fraction of sp³-hybridized carbons (Fsp3) is 0.318. The Morgan fingerprint density at radius 1 is 1.12 bits per heavy atom. The van der Waals surface area contributed by atoms with Gasteiger partial charge >= 0.3 is 0 Å². The van der Waals surface area contributed by atoms with Crippen molar-refractivity contribution in [3.8, 4) is 11.4 Å². The molecule has 0 amide bonds. The molecule has 2 aromatic carbocycles. The molecule has 2 aromatic heterocycles. The van der Waals surface area contributed by atoms with Crippen LogP contribution in [-0.2, 0) is 22.3 Å². The Hall–Kier alpha value is -2.76. The molecule has 0 radical (unpaired) electrons. The standard InChI is InChI=1S/C22H24FN5O3S2/c1-4-5-12-28-19-11-10-17(33(29,30)27(2)3)13-18(19)24-22(28)32-14-20-25-21(26-31-20)15-6-8-16(23)9-7-15/h6-11,13H,4-5,12,14H2,1-3H3. The van der Waals surface area contributed by atoms with Crippen LogP contribution in [0.2, 0.25) is 0 Å². The van der Waals surface area contributed by atoms with Crippen molar-refractivity contribution in [2.75, 3.05) is 14.1 Å². The second kappa shape index (κ2) is 9.62. The molecule has 0 N–H and O–H groups in total. The van der Waals surface area contributed by atoms with E-state index in [-0.39, 0.29) is 10.7 Å². The Labute approximate surface area is 195 Å². The first-order valence-electron chi connectivity index (χ1n) is 10.4. The molecule has 4 aromatic rings. The maximum Gasteiger partial charge on any atom is 0.242 e. The van der Waals surface area contributed by atoms with E-state index in [1.165, 1.54) is 42.3 Å². The van der Waals surface area contributed by atoms with Gasteiger partial charge in [0.2, 0.25) is 21.7 Å². The van der Waals surface area contributed by atoms with Crippen LogP contribution < -0.4 is 0 Å². The topological polar surface area (TPSA) is 94.1 Å². The maximum absolute atomic E-state index is 13.1. The van der Waals surface area contributed by atoms with Crippen LogP contribution in [0.4, 0.5) is 4.39 Å². The van der Waals surface area contributed by atoms with Gasteiger partial charge < -0.3 is 9.09 Å². The zero-order valence-electron chi connectivity index (χ0n) is 18.5. The normalized spacial score (nSPS) is 12.2. The zero-order chi connectivity index (χ0) is 23.6. The lowest BCUT2D eigenvalue weighted by Gasteiger charge is -2.11. The molecule has 0 aliphatic carbocycles. The van der Waals surface area contributed by atoms with Crippen molar-refractivity contribution in [2.24, 2.45) is 0 Å². The van der Waals surface area contributed by atoms with E-state index in [2.05, 4.69) is 21.6 Å². The number of nitrogens with zero attached hydrogens (tertiary/aromatic N) is 5. The molecule has 2 heterocycles. The highest BCUT2D eigenvalue weighted by atomic mass is 32.2. The largest absolute Gasteiger partial charge is 0.338 e. The number of halogens is 1. The van der Waals surface area contributed by atoms with Crippen molar-refractivity contribution in [3.05, 3.63) is 54.2 Å². The van der Waals surface area contributed by atoms with Gasteiger partial charge in [0.15, 0.2) is 5.16 Å². The molecule has 0 aliphatic rings. The summed E-state index contributed by atoms with van der Waals surface area (Å²) in [4.78, 5) is 9.30. The molecule has 0 bridgehead atoms. The SMILES string of the molecule is CCCCn1c(SCc2nc(-c3ccc(F)cc3)no2)nc2cc(S(=O)(=O)N(C)C)ccc21. The number of fused-ring (bicyclic) bond motifs is 1. The van der Waals surface area contributed by atoms with E-state index in [1.807, 2.05) is 0 Å². The molecule has 0 aliphatic heterocycles. The summed E-state index contributed by atoms with van der Waals surface area (Å²) in [6, 6.07) is 10.9. The summed E-state index contributed by atoms with van der Waals surface area (Å²) in [5.41, 5.74) is 2.16. The summed E-state index contributed by atoms with van der Waals surface area (Å²) in [7, 11) is -0.540. The van der Waals surface area contributed by atoms with Crippen molar-refractivity contribution >= 4 is 32.8 Å². The third kappa shape index (κ3) is 4.94. The Morgan fingerprint density at radius 3 is 2.58 bits per heavy atom.